The van der Waals surface area contributed by atoms with Gasteiger partial charge in [0, 0.05) is 11.1 Å². The zero-order valence-electron chi connectivity index (χ0n) is 12.7. The van der Waals surface area contributed by atoms with Gasteiger partial charge >= 0.3 is 0 Å². The molecule has 0 radical (unpaired) electrons. The molecule has 2 rings (SSSR count). The van der Waals surface area contributed by atoms with Crippen molar-refractivity contribution in [2.75, 3.05) is 26.7 Å². The summed E-state index contributed by atoms with van der Waals surface area (Å²) in [5, 5.41) is 4.25. The Hall–Kier alpha value is -0.570. The van der Waals surface area contributed by atoms with Gasteiger partial charge in [-0.2, -0.15) is 0 Å². The summed E-state index contributed by atoms with van der Waals surface area (Å²) in [7, 11) is 2.04. The molecule has 112 valence electrons. The van der Waals surface area contributed by atoms with Gasteiger partial charge in [0.05, 0.1) is 0 Å². The third-order valence-corrected chi connectivity index (χ3v) is 4.85. The average molecular weight is 295 g/mol. The van der Waals surface area contributed by atoms with Crippen LogP contribution >= 0.6 is 11.6 Å². The van der Waals surface area contributed by atoms with E-state index < -0.39 is 0 Å². The fourth-order valence-corrected chi connectivity index (χ4v) is 3.33. The maximum atomic E-state index is 6.09. The molecule has 1 aliphatic rings. The summed E-state index contributed by atoms with van der Waals surface area (Å²) in [4.78, 5) is 2.61. The van der Waals surface area contributed by atoms with Crippen LogP contribution in [-0.4, -0.2) is 31.6 Å². The Balaban J connectivity index is 1.82. The average Bonchev–Trinajstić information content (AvgIpc) is 2.48. The van der Waals surface area contributed by atoms with Crippen molar-refractivity contribution in [2.45, 2.75) is 38.6 Å². The highest BCUT2D eigenvalue weighted by atomic mass is 35.5. The molecule has 1 aromatic rings. The van der Waals surface area contributed by atoms with Crippen molar-refractivity contribution in [3.63, 3.8) is 0 Å². The van der Waals surface area contributed by atoms with E-state index in [1.54, 1.807) is 0 Å². The number of nitrogens with zero attached hydrogens (tertiary/aromatic N) is 1. The minimum absolute atomic E-state index is 0.401. The zero-order chi connectivity index (χ0) is 14.4. The van der Waals surface area contributed by atoms with E-state index in [4.69, 9.17) is 11.6 Å². The van der Waals surface area contributed by atoms with Gasteiger partial charge in [0.25, 0.3) is 0 Å². The van der Waals surface area contributed by atoms with Crippen LogP contribution in [0.2, 0.25) is 5.02 Å². The van der Waals surface area contributed by atoms with Gasteiger partial charge in [-0.25, -0.2) is 0 Å². The van der Waals surface area contributed by atoms with E-state index in [0.717, 1.165) is 17.4 Å². The molecule has 20 heavy (non-hydrogen) atoms. The Morgan fingerprint density at radius 2 is 2.10 bits per heavy atom. The quantitative estimate of drug-likeness (QED) is 0.849. The fourth-order valence-electron chi connectivity index (χ4n) is 3.13. The summed E-state index contributed by atoms with van der Waals surface area (Å²) in [6.07, 6.45) is 5.24. The van der Waals surface area contributed by atoms with Crippen molar-refractivity contribution in [3.05, 3.63) is 34.9 Å². The van der Waals surface area contributed by atoms with Gasteiger partial charge in [-0.3, -0.25) is 0 Å². The van der Waals surface area contributed by atoms with Gasteiger partial charge in [-0.15, -0.1) is 0 Å². The number of piperidine rings is 1. The van der Waals surface area contributed by atoms with E-state index in [-0.39, 0.29) is 0 Å². The maximum absolute atomic E-state index is 6.09. The fraction of sp³-hybridized carbons (Fsp3) is 0.647. The smallest absolute Gasteiger partial charge is 0.0409 e. The molecule has 0 spiro atoms. The highest BCUT2D eigenvalue weighted by molar-refractivity contribution is 6.30. The number of rotatable bonds is 6. The van der Waals surface area contributed by atoms with Crippen molar-refractivity contribution in [1.29, 1.82) is 0 Å². The molecule has 1 aliphatic heterocycles. The molecule has 3 heteroatoms. The lowest BCUT2D eigenvalue weighted by molar-refractivity contribution is 0.175. The predicted molar refractivity (Wildman–Crippen MR) is 87.3 cm³/mol. The summed E-state index contributed by atoms with van der Waals surface area (Å²) in [5.41, 5.74) is 1.29. The van der Waals surface area contributed by atoms with Crippen LogP contribution in [-0.2, 0) is 0 Å². The van der Waals surface area contributed by atoms with Crippen molar-refractivity contribution in [1.82, 2.24) is 10.2 Å². The first-order valence-corrected chi connectivity index (χ1v) is 8.25. The Morgan fingerprint density at radius 1 is 1.35 bits per heavy atom. The summed E-state index contributed by atoms with van der Waals surface area (Å²) in [6, 6.07) is 8.61. The molecule has 0 amide bonds. The van der Waals surface area contributed by atoms with Crippen molar-refractivity contribution in [2.24, 2.45) is 5.92 Å². The van der Waals surface area contributed by atoms with E-state index in [1.807, 2.05) is 19.2 Å². The zero-order valence-corrected chi connectivity index (χ0v) is 13.5. The molecule has 1 fully saturated rings. The van der Waals surface area contributed by atoms with Crippen LogP contribution in [0, 0.1) is 5.92 Å². The molecule has 1 saturated heterocycles. The molecule has 1 N–H and O–H groups in total. The van der Waals surface area contributed by atoms with E-state index in [0.29, 0.717) is 6.04 Å². The van der Waals surface area contributed by atoms with E-state index in [9.17, 15) is 0 Å². The second-order valence-electron chi connectivity index (χ2n) is 5.88. The molecule has 0 aliphatic carbocycles. The van der Waals surface area contributed by atoms with Crippen LogP contribution < -0.4 is 5.32 Å². The summed E-state index contributed by atoms with van der Waals surface area (Å²) < 4.78 is 0. The molecule has 0 aromatic heterocycles. The SMILES string of the molecule is CCC1CCN(CCC(NC)c2cccc(Cl)c2)CC1. The third kappa shape index (κ3) is 4.47. The van der Waals surface area contributed by atoms with E-state index in [1.165, 1.54) is 44.5 Å². The Labute approximate surface area is 128 Å². The molecule has 2 nitrogen and oxygen atoms in total. The van der Waals surface area contributed by atoms with Crippen LogP contribution in [0.3, 0.4) is 0 Å². The number of halogens is 1. The normalized spacial score (nSPS) is 19.1. The van der Waals surface area contributed by atoms with E-state index in [2.05, 4.69) is 29.3 Å². The molecular formula is C17H27ClN2. The minimum atomic E-state index is 0.401. The molecule has 1 heterocycles. The van der Waals surface area contributed by atoms with Crippen molar-refractivity contribution >= 4 is 11.6 Å². The van der Waals surface area contributed by atoms with Gasteiger partial charge in [0.2, 0.25) is 0 Å². The number of benzene rings is 1. The predicted octanol–water partition coefficient (Wildman–Crippen LogP) is 4.11. The first kappa shape index (κ1) is 15.8. The van der Waals surface area contributed by atoms with Gasteiger partial charge in [-0.1, -0.05) is 37.1 Å². The van der Waals surface area contributed by atoms with Crippen molar-refractivity contribution in [3.8, 4) is 0 Å². The highest BCUT2D eigenvalue weighted by Gasteiger charge is 2.18. The molecule has 0 saturated carbocycles. The first-order valence-electron chi connectivity index (χ1n) is 7.88. The van der Waals surface area contributed by atoms with Gasteiger partial charge in [0.1, 0.15) is 0 Å². The number of hydrogen-bond donors (Lipinski definition) is 1. The van der Waals surface area contributed by atoms with Crippen LogP contribution in [0.25, 0.3) is 0 Å². The molecular weight excluding hydrogens is 268 g/mol. The topological polar surface area (TPSA) is 15.3 Å². The van der Waals surface area contributed by atoms with Crippen LogP contribution in [0.4, 0.5) is 0 Å². The molecule has 1 unspecified atom stereocenters. The highest BCUT2D eigenvalue weighted by Crippen LogP contribution is 2.23. The van der Waals surface area contributed by atoms with Gasteiger partial charge in [-0.05, 0) is 69.6 Å². The Morgan fingerprint density at radius 3 is 2.70 bits per heavy atom. The molecule has 1 aromatic carbocycles. The standard InChI is InChI=1S/C17H27ClN2/c1-3-14-7-10-20(11-8-14)12-9-17(19-2)15-5-4-6-16(18)13-15/h4-6,13-14,17,19H,3,7-12H2,1-2H3. The minimum Gasteiger partial charge on any atom is -0.313 e. The van der Waals surface area contributed by atoms with Crippen molar-refractivity contribution < 1.29 is 0 Å². The maximum Gasteiger partial charge on any atom is 0.0409 e. The lowest BCUT2D eigenvalue weighted by atomic mass is 9.94. The summed E-state index contributed by atoms with van der Waals surface area (Å²) in [6.45, 7) is 6.03. The Bertz CT molecular complexity index is 400. The lowest BCUT2D eigenvalue weighted by Crippen LogP contribution is -2.35. The second kappa shape index (κ2) is 8.02. The monoisotopic (exact) mass is 294 g/mol. The number of likely N-dealkylation sites (tertiary alicyclic amines) is 1. The van der Waals surface area contributed by atoms with Crippen LogP contribution in [0.5, 0.6) is 0 Å². The largest absolute Gasteiger partial charge is 0.313 e. The van der Waals surface area contributed by atoms with Gasteiger partial charge in [0.15, 0.2) is 0 Å². The number of nitrogens with one attached hydrogen (secondary N) is 1. The summed E-state index contributed by atoms with van der Waals surface area (Å²) in [5.74, 6) is 0.958. The molecule has 0 bridgehead atoms. The molecule has 1 atom stereocenters. The van der Waals surface area contributed by atoms with Crippen LogP contribution in [0.15, 0.2) is 24.3 Å². The van der Waals surface area contributed by atoms with E-state index >= 15 is 0 Å². The summed E-state index contributed by atoms with van der Waals surface area (Å²) >= 11 is 6.09. The van der Waals surface area contributed by atoms with Gasteiger partial charge < -0.3 is 10.2 Å². The Kier molecular flexibility index (Phi) is 6.34. The van der Waals surface area contributed by atoms with Crippen LogP contribution in [0.1, 0.15) is 44.2 Å². The lowest BCUT2D eigenvalue weighted by Gasteiger charge is -2.32. The number of hydrogen-bond acceptors (Lipinski definition) is 2. The third-order valence-electron chi connectivity index (χ3n) is 4.62. The first-order chi connectivity index (χ1) is 9.72. The second-order valence-corrected chi connectivity index (χ2v) is 6.31.